The van der Waals surface area contributed by atoms with Gasteiger partial charge in [0.25, 0.3) is 0 Å². The summed E-state index contributed by atoms with van der Waals surface area (Å²) in [5.41, 5.74) is 6.55. The molecule has 3 rings (SSSR count). The number of hydrogen-bond acceptors (Lipinski definition) is 6. The average molecular weight is 277 g/mol. The molecule has 2 aromatic rings. The number of benzene rings is 1. The molecule has 2 N–H and O–H groups in total. The predicted octanol–water partition coefficient (Wildman–Crippen LogP) is 2.41. The number of aromatic nitrogens is 2. The van der Waals surface area contributed by atoms with Crippen molar-refractivity contribution in [3.63, 3.8) is 0 Å². The summed E-state index contributed by atoms with van der Waals surface area (Å²) in [5, 5.41) is 8.90. The Morgan fingerprint density at radius 3 is 3.00 bits per heavy atom. The van der Waals surface area contributed by atoms with E-state index in [1.165, 1.54) is 16.9 Å². The zero-order valence-corrected chi connectivity index (χ0v) is 11.7. The molecule has 0 radical (unpaired) electrons. The molecule has 0 amide bonds. The number of ether oxygens (including phenoxy) is 2. The zero-order valence-electron chi connectivity index (χ0n) is 10.8. The lowest BCUT2D eigenvalue weighted by Gasteiger charge is -2.18. The van der Waals surface area contributed by atoms with E-state index >= 15 is 0 Å². The molecular weight excluding hydrogens is 262 g/mol. The first-order valence-corrected chi connectivity index (χ1v) is 6.87. The van der Waals surface area contributed by atoms with Gasteiger partial charge >= 0.3 is 0 Å². The van der Waals surface area contributed by atoms with Crippen molar-refractivity contribution < 1.29 is 9.47 Å². The Labute approximate surface area is 115 Å². The van der Waals surface area contributed by atoms with Crippen molar-refractivity contribution in [3.05, 3.63) is 28.8 Å². The number of nitrogen functional groups attached to an aromatic ring is 1. The highest BCUT2D eigenvalue weighted by Gasteiger charge is 2.32. The summed E-state index contributed by atoms with van der Waals surface area (Å²) in [6, 6.07) is 5.96. The molecule has 0 atom stereocenters. The molecule has 0 bridgehead atoms. The number of anilines is 1. The van der Waals surface area contributed by atoms with Crippen LogP contribution in [0.1, 0.15) is 24.4 Å². The Hall–Kier alpha value is -1.82. The third kappa shape index (κ3) is 2.49. The van der Waals surface area contributed by atoms with Crippen LogP contribution >= 0.6 is 11.3 Å². The fraction of sp³-hybridized carbons (Fsp3) is 0.385. The molecule has 6 heteroatoms. The van der Waals surface area contributed by atoms with Crippen LogP contribution in [0.3, 0.4) is 0 Å². The van der Waals surface area contributed by atoms with Crippen LogP contribution in [-0.2, 0) is 13.0 Å². The third-order valence-corrected chi connectivity index (χ3v) is 3.61. The maximum Gasteiger partial charge on any atom is 0.203 e. The zero-order chi connectivity index (χ0) is 13.5. The van der Waals surface area contributed by atoms with Crippen LogP contribution in [0.25, 0.3) is 0 Å². The van der Waals surface area contributed by atoms with E-state index in [-0.39, 0.29) is 5.60 Å². The summed E-state index contributed by atoms with van der Waals surface area (Å²) in [6.07, 6.45) is 0.894. The number of rotatable bonds is 3. The molecule has 5 nitrogen and oxygen atoms in total. The number of nitrogens with zero attached hydrogens (tertiary/aromatic N) is 2. The molecule has 0 aliphatic carbocycles. The van der Waals surface area contributed by atoms with Gasteiger partial charge in [0.15, 0.2) is 16.5 Å². The summed E-state index contributed by atoms with van der Waals surface area (Å²) in [6.45, 7) is 4.50. The predicted molar refractivity (Wildman–Crippen MR) is 73.5 cm³/mol. The van der Waals surface area contributed by atoms with E-state index in [2.05, 4.69) is 30.1 Å². The fourth-order valence-corrected chi connectivity index (χ4v) is 2.69. The lowest BCUT2D eigenvalue weighted by atomic mass is 10.0. The molecule has 100 valence electrons. The minimum atomic E-state index is -0.172. The number of hydrogen-bond donors (Lipinski definition) is 1. The van der Waals surface area contributed by atoms with Gasteiger partial charge in [0.2, 0.25) is 5.13 Å². The van der Waals surface area contributed by atoms with Crippen LogP contribution in [0.2, 0.25) is 0 Å². The van der Waals surface area contributed by atoms with Gasteiger partial charge in [-0.15, -0.1) is 10.2 Å². The van der Waals surface area contributed by atoms with Crippen LogP contribution < -0.4 is 15.2 Å². The number of nitrogens with two attached hydrogens (primary N) is 1. The average Bonchev–Trinajstić information content (AvgIpc) is 2.88. The maximum atomic E-state index is 5.94. The van der Waals surface area contributed by atoms with Gasteiger partial charge in [-0.05, 0) is 19.9 Å². The van der Waals surface area contributed by atoms with Crippen molar-refractivity contribution in [3.8, 4) is 11.5 Å². The van der Waals surface area contributed by atoms with E-state index in [9.17, 15) is 0 Å². The van der Waals surface area contributed by atoms with E-state index in [0.29, 0.717) is 11.7 Å². The van der Waals surface area contributed by atoms with Gasteiger partial charge in [-0.2, -0.15) is 0 Å². The minimum Gasteiger partial charge on any atom is -0.483 e. The topological polar surface area (TPSA) is 70.3 Å². The standard InChI is InChI=1S/C13H15N3O2S/c1-13(2)6-8-4-3-5-9(11(8)18-13)17-7-10-15-16-12(14)19-10/h3-5H,6-7H2,1-2H3,(H2,14,16). The second kappa shape index (κ2) is 4.38. The van der Waals surface area contributed by atoms with Gasteiger partial charge in [0.1, 0.15) is 12.2 Å². The van der Waals surface area contributed by atoms with Gasteiger partial charge < -0.3 is 15.2 Å². The molecule has 0 unspecified atom stereocenters. The summed E-state index contributed by atoms with van der Waals surface area (Å²) in [4.78, 5) is 0. The highest BCUT2D eigenvalue weighted by atomic mass is 32.1. The van der Waals surface area contributed by atoms with Crippen LogP contribution in [0.5, 0.6) is 11.5 Å². The molecule has 19 heavy (non-hydrogen) atoms. The smallest absolute Gasteiger partial charge is 0.203 e. The lowest BCUT2D eigenvalue weighted by molar-refractivity contribution is 0.131. The van der Waals surface area contributed by atoms with Gasteiger partial charge in [0.05, 0.1) is 0 Å². The normalized spacial score (nSPS) is 15.9. The van der Waals surface area contributed by atoms with E-state index in [4.69, 9.17) is 15.2 Å². The monoisotopic (exact) mass is 277 g/mol. The summed E-state index contributed by atoms with van der Waals surface area (Å²) in [7, 11) is 0. The van der Waals surface area contributed by atoms with E-state index in [0.717, 1.165) is 22.9 Å². The highest BCUT2D eigenvalue weighted by molar-refractivity contribution is 7.15. The van der Waals surface area contributed by atoms with Crippen molar-refractivity contribution in [2.75, 3.05) is 5.73 Å². The van der Waals surface area contributed by atoms with E-state index in [1.54, 1.807) is 0 Å². The lowest BCUT2D eigenvalue weighted by Crippen LogP contribution is -2.24. The van der Waals surface area contributed by atoms with E-state index < -0.39 is 0 Å². The summed E-state index contributed by atoms with van der Waals surface area (Å²) >= 11 is 1.33. The Kier molecular flexibility index (Phi) is 2.82. The summed E-state index contributed by atoms with van der Waals surface area (Å²) in [5.74, 6) is 1.59. The van der Waals surface area contributed by atoms with Crippen molar-refractivity contribution in [1.82, 2.24) is 10.2 Å². The maximum absolute atomic E-state index is 5.94. The van der Waals surface area contributed by atoms with Crippen LogP contribution in [0.4, 0.5) is 5.13 Å². The second-order valence-electron chi connectivity index (χ2n) is 5.11. The summed E-state index contributed by atoms with van der Waals surface area (Å²) < 4.78 is 11.7. The number of fused-ring (bicyclic) bond motifs is 1. The quantitative estimate of drug-likeness (QED) is 0.933. The first-order chi connectivity index (χ1) is 9.03. The van der Waals surface area contributed by atoms with Crippen LogP contribution in [0, 0.1) is 0 Å². The molecular formula is C13H15N3O2S. The second-order valence-corrected chi connectivity index (χ2v) is 6.20. The first-order valence-electron chi connectivity index (χ1n) is 6.05. The van der Waals surface area contributed by atoms with E-state index in [1.807, 2.05) is 12.1 Å². The van der Waals surface area contributed by atoms with Crippen molar-refractivity contribution in [1.29, 1.82) is 0 Å². The molecule has 2 heterocycles. The molecule has 0 fully saturated rings. The van der Waals surface area contributed by atoms with Crippen LogP contribution in [-0.4, -0.2) is 15.8 Å². The van der Waals surface area contributed by atoms with Crippen molar-refractivity contribution >= 4 is 16.5 Å². The molecule has 0 spiro atoms. The minimum absolute atomic E-state index is 0.172. The fourth-order valence-electron chi connectivity index (χ4n) is 2.17. The third-order valence-electron chi connectivity index (χ3n) is 2.89. The van der Waals surface area contributed by atoms with Gasteiger partial charge in [0, 0.05) is 12.0 Å². The Morgan fingerprint density at radius 2 is 2.26 bits per heavy atom. The SMILES string of the molecule is CC1(C)Cc2cccc(OCc3nnc(N)s3)c2O1. The molecule has 1 aliphatic heterocycles. The molecule has 1 aromatic carbocycles. The Bertz CT molecular complexity index is 610. The largest absolute Gasteiger partial charge is 0.483 e. The molecule has 1 aliphatic rings. The van der Waals surface area contributed by atoms with Gasteiger partial charge in [-0.25, -0.2) is 0 Å². The van der Waals surface area contributed by atoms with Crippen molar-refractivity contribution in [2.24, 2.45) is 0 Å². The van der Waals surface area contributed by atoms with Crippen LogP contribution in [0.15, 0.2) is 18.2 Å². The van der Waals surface area contributed by atoms with Gasteiger partial charge in [-0.3, -0.25) is 0 Å². The highest BCUT2D eigenvalue weighted by Crippen LogP contribution is 2.41. The van der Waals surface area contributed by atoms with Gasteiger partial charge in [-0.1, -0.05) is 23.5 Å². The Balaban J connectivity index is 1.78. The first kappa shape index (κ1) is 12.2. The molecule has 0 saturated carbocycles. The molecule has 1 aromatic heterocycles. The molecule has 0 saturated heterocycles. The number of para-hydroxylation sites is 1. The van der Waals surface area contributed by atoms with Crippen molar-refractivity contribution in [2.45, 2.75) is 32.5 Å². The Morgan fingerprint density at radius 1 is 1.42 bits per heavy atom.